The molecule has 0 aliphatic heterocycles. The molecule has 1 N–H and O–H groups in total. The normalized spacial score (nSPS) is 12.4. The Morgan fingerprint density at radius 1 is 1.11 bits per heavy atom. The van der Waals surface area contributed by atoms with Gasteiger partial charge in [0.1, 0.15) is 6.54 Å². The molecule has 6 heteroatoms. The van der Waals surface area contributed by atoms with Crippen LogP contribution in [-0.4, -0.2) is 33.2 Å². The molecule has 0 saturated heterocycles. The second kappa shape index (κ2) is 9.04. The lowest BCUT2D eigenvalue weighted by molar-refractivity contribution is -0.120. The van der Waals surface area contributed by atoms with Crippen molar-refractivity contribution in [3.8, 4) is 0 Å². The molecule has 0 aromatic heterocycles. The maximum atomic E-state index is 12.5. The minimum absolute atomic E-state index is 0.0438. The summed E-state index contributed by atoms with van der Waals surface area (Å²) in [6.45, 7) is 5.45. The lowest BCUT2D eigenvalue weighted by Gasteiger charge is -2.25. The van der Waals surface area contributed by atoms with Gasteiger partial charge in [0.2, 0.25) is 15.9 Å². The zero-order valence-electron chi connectivity index (χ0n) is 16.4. The molecular weight excluding hydrogens is 360 g/mol. The Morgan fingerprint density at radius 3 is 2.41 bits per heavy atom. The molecule has 0 unspecified atom stereocenters. The van der Waals surface area contributed by atoms with Crippen molar-refractivity contribution in [3.63, 3.8) is 0 Å². The van der Waals surface area contributed by atoms with Crippen molar-refractivity contribution in [1.29, 1.82) is 0 Å². The molecular formula is C21H28N2O3S. The summed E-state index contributed by atoms with van der Waals surface area (Å²) >= 11 is 0. The first kappa shape index (κ1) is 21.0. The van der Waals surface area contributed by atoms with Crippen molar-refractivity contribution >= 4 is 21.6 Å². The molecule has 1 atom stereocenters. The Hall–Kier alpha value is -2.34. The van der Waals surface area contributed by atoms with E-state index in [2.05, 4.69) is 17.4 Å². The van der Waals surface area contributed by atoms with E-state index < -0.39 is 10.0 Å². The Balaban J connectivity index is 2.02. The highest BCUT2D eigenvalue weighted by Gasteiger charge is 2.23. The largest absolute Gasteiger partial charge is 0.352 e. The van der Waals surface area contributed by atoms with E-state index in [0.717, 1.165) is 30.2 Å². The number of amides is 1. The van der Waals surface area contributed by atoms with Crippen LogP contribution in [0.15, 0.2) is 48.5 Å². The van der Waals surface area contributed by atoms with Gasteiger partial charge in [-0.05, 0) is 56.4 Å². The standard InChI is InChI=1S/C21H28N2O3S/c1-16-10-11-17(2)20(14-16)23(27(4,25)26)15-21(24)22-18(3)12-13-19-8-6-5-7-9-19/h5-11,14,18H,12-13,15H2,1-4H3,(H,22,24)/t18-/m0/s1. The second-order valence-electron chi connectivity index (χ2n) is 7.05. The number of hydrogen-bond acceptors (Lipinski definition) is 3. The fourth-order valence-electron chi connectivity index (χ4n) is 2.92. The van der Waals surface area contributed by atoms with Gasteiger partial charge < -0.3 is 5.32 Å². The van der Waals surface area contributed by atoms with Gasteiger partial charge in [0.25, 0.3) is 0 Å². The van der Waals surface area contributed by atoms with Crippen LogP contribution < -0.4 is 9.62 Å². The molecule has 27 heavy (non-hydrogen) atoms. The molecule has 0 saturated carbocycles. The topological polar surface area (TPSA) is 66.5 Å². The third-order valence-electron chi connectivity index (χ3n) is 4.44. The van der Waals surface area contributed by atoms with E-state index >= 15 is 0 Å². The van der Waals surface area contributed by atoms with E-state index in [0.29, 0.717) is 5.69 Å². The van der Waals surface area contributed by atoms with Gasteiger partial charge in [-0.25, -0.2) is 8.42 Å². The molecule has 2 rings (SSSR count). The predicted molar refractivity (Wildman–Crippen MR) is 110 cm³/mol. The second-order valence-corrected chi connectivity index (χ2v) is 8.96. The van der Waals surface area contributed by atoms with Crippen LogP contribution in [0.3, 0.4) is 0 Å². The number of benzene rings is 2. The van der Waals surface area contributed by atoms with Gasteiger partial charge in [-0.3, -0.25) is 9.10 Å². The summed E-state index contributed by atoms with van der Waals surface area (Å²) in [5.41, 5.74) is 3.52. The highest BCUT2D eigenvalue weighted by molar-refractivity contribution is 7.92. The van der Waals surface area contributed by atoms with Crippen LogP contribution in [0.25, 0.3) is 0 Å². The van der Waals surface area contributed by atoms with Gasteiger partial charge in [-0.15, -0.1) is 0 Å². The quantitative estimate of drug-likeness (QED) is 0.755. The molecule has 2 aromatic carbocycles. The maximum Gasteiger partial charge on any atom is 0.240 e. The monoisotopic (exact) mass is 388 g/mol. The number of carbonyl (C=O) groups excluding carboxylic acids is 1. The fraction of sp³-hybridized carbons (Fsp3) is 0.381. The summed E-state index contributed by atoms with van der Waals surface area (Å²) in [5.74, 6) is -0.304. The number of rotatable bonds is 8. The molecule has 0 heterocycles. The third kappa shape index (κ3) is 6.40. The molecule has 0 aliphatic carbocycles. The first-order valence-electron chi connectivity index (χ1n) is 9.05. The predicted octanol–water partition coefficient (Wildman–Crippen LogP) is 3.21. The number of anilines is 1. The van der Waals surface area contributed by atoms with Crippen LogP contribution in [0.5, 0.6) is 0 Å². The lowest BCUT2D eigenvalue weighted by Crippen LogP contribution is -2.43. The van der Waals surface area contributed by atoms with Gasteiger partial charge in [-0.1, -0.05) is 42.5 Å². The highest BCUT2D eigenvalue weighted by atomic mass is 32.2. The fourth-order valence-corrected chi connectivity index (χ4v) is 3.83. The van der Waals surface area contributed by atoms with E-state index in [-0.39, 0.29) is 18.5 Å². The summed E-state index contributed by atoms with van der Waals surface area (Å²) in [7, 11) is -3.57. The first-order valence-corrected chi connectivity index (χ1v) is 10.9. The Bertz CT molecular complexity index is 880. The molecule has 0 spiro atoms. The molecule has 0 aliphatic rings. The highest BCUT2D eigenvalue weighted by Crippen LogP contribution is 2.23. The summed E-state index contributed by atoms with van der Waals surface area (Å²) < 4.78 is 25.7. The van der Waals surface area contributed by atoms with Crippen molar-refractivity contribution in [2.45, 2.75) is 39.7 Å². The minimum Gasteiger partial charge on any atom is -0.352 e. The summed E-state index contributed by atoms with van der Waals surface area (Å²) in [6, 6.07) is 15.6. The Kier molecular flexibility index (Phi) is 7.02. The SMILES string of the molecule is Cc1ccc(C)c(N(CC(=O)N[C@@H](C)CCc2ccccc2)S(C)(=O)=O)c1. The summed E-state index contributed by atoms with van der Waals surface area (Å²) in [6.07, 6.45) is 2.77. The van der Waals surface area contributed by atoms with Crippen molar-refractivity contribution < 1.29 is 13.2 Å². The average molecular weight is 389 g/mol. The summed E-state index contributed by atoms with van der Waals surface area (Å²) in [5, 5.41) is 2.91. The van der Waals surface area contributed by atoms with Crippen LogP contribution >= 0.6 is 0 Å². The smallest absolute Gasteiger partial charge is 0.240 e. The number of aryl methyl sites for hydroxylation is 3. The molecule has 5 nitrogen and oxygen atoms in total. The number of nitrogens with one attached hydrogen (secondary N) is 1. The van der Waals surface area contributed by atoms with Crippen LogP contribution in [-0.2, 0) is 21.2 Å². The average Bonchev–Trinajstić information content (AvgIpc) is 2.60. The van der Waals surface area contributed by atoms with Crippen molar-refractivity contribution in [2.75, 3.05) is 17.1 Å². The van der Waals surface area contributed by atoms with Crippen LogP contribution in [0, 0.1) is 13.8 Å². The number of nitrogens with zero attached hydrogens (tertiary/aromatic N) is 1. The molecule has 0 radical (unpaired) electrons. The van der Waals surface area contributed by atoms with E-state index in [4.69, 9.17) is 0 Å². The first-order chi connectivity index (χ1) is 12.7. The van der Waals surface area contributed by atoms with Crippen LogP contribution in [0.4, 0.5) is 5.69 Å². The lowest BCUT2D eigenvalue weighted by atomic mass is 10.1. The number of hydrogen-bond donors (Lipinski definition) is 1. The van der Waals surface area contributed by atoms with Crippen LogP contribution in [0.1, 0.15) is 30.0 Å². The Morgan fingerprint density at radius 2 is 1.78 bits per heavy atom. The van der Waals surface area contributed by atoms with Crippen molar-refractivity contribution in [1.82, 2.24) is 5.32 Å². The molecule has 146 valence electrons. The van der Waals surface area contributed by atoms with E-state index in [1.54, 1.807) is 6.07 Å². The van der Waals surface area contributed by atoms with E-state index in [1.807, 2.05) is 51.1 Å². The van der Waals surface area contributed by atoms with Crippen molar-refractivity contribution in [2.24, 2.45) is 0 Å². The van der Waals surface area contributed by atoms with E-state index in [9.17, 15) is 13.2 Å². The van der Waals surface area contributed by atoms with E-state index in [1.165, 1.54) is 9.87 Å². The van der Waals surface area contributed by atoms with Gasteiger partial charge in [0.15, 0.2) is 0 Å². The Labute approximate surface area is 162 Å². The third-order valence-corrected chi connectivity index (χ3v) is 5.56. The molecule has 0 fully saturated rings. The van der Waals surface area contributed by atoms with Crippen molar-refractivity contribution in [3.05, 3.63) is 65.2 Å². The van der Waals surface area contributed by atoms with Gasteiger partial charge in [0, 0.05) is 6.04 Å². The maximum absolute atomic E-state index is 12.5. The van der Waals surface area contributed by atoms with Gasteiger partial charge >= 0.3 is 0 Å². The summed E-state index contributed by atoms with van der Waals surface area (Å²) in [4.78, 5) is 12.5. The zero-order chi connectivity index (χ0) is 20.0. The number of sulfonamides is 1. The van der Waals surface area contributed by atoms with Gasteiger partial charge in [-0.2, -0.15) is 0 Å². The molecule has 0 bridgehead atoms. The number of carbonyl (C=O) groups is 1. The molecule has 1 amide bonds. The molecule has 2 aromatic rings. The van der Waals surface area contributed by atoms with Gasteiger partial charge in [0.05, 0.1) is 11.9 Å². The zero-order valence-corrected chi connectivity index (χ0v) is 17.2. The minimum atomic E-state index is -3.57. The van der Waals surface area contributed by atoms with Crippen LogP contribution in [0.2, 0.25) is 0 Å².